The molecule has 0 bridgehead atoms. The fourth-order valence-corrected chi connectivity index (χ4v) is 1.82. The summed E-state index contributed by atoms with van der Waals surface area (Å²) >= 11 is 8.74. The van der Waals surface area contributed by atoms with Gasteiger partial charge in [0.1, 0.15) is 5.15 Å². The Kier molecular flexibility index (Phi) is 4.43. The summed E-state index contributed by atoms with van der Waals surface area (Å²) in [6, 6.07) is 3.13. The normalized spacial score (nSPS) is 10.4. The molecule has 15 heavy (non-hydrogen) atoms. The first kappa shape index (κ1) is 12.3. The van der Waals surface area contributed by atoms with Gasteiger partial charge in [-0.3, -0.25) is 0 Å². The molecule has 0 aliphatic carbocycles. The number of rotatable bonds is 3. The van der Waals surface area contributed by atoms with Gasteiger partial charge in [-0.05, 0) is 11.6 Å². The van der Waals surface area contributed by atoms with Crippen LogP contribution in [0.1, 0.15) is 23.2 Å². The summed E-state index contributed by atoms with van der Waals surface area (Å²) in [4.78, 5) is 3.82. The number of pyridine rings is 1. The second kappa shape index (κ2) is 5.38. The van der Waals surface area contributed by atoms with Gasteiger partial charge < -0.3 is 0 Å². The number of nitrogens with zero attached hydrogens (tertiary/aromatic N) is 2. The average molecular weight is 296 g/mol. The van der Waals surface area contributed by atoms with Crippen LogP contribution in [0.25, 0.3) is 0 Å². The highest BCUT2D eigenvalue weighted by Gasteiger charge is 2.16. The van der Waals surface area contributed by atoms with E-state index in [2.05, 4.69) is 20.9 Å². The smallest absolute Gasteiger partial charge is 0.239 e. The highest BCUT2D eigenvalue weighted by Crippen LogP contribution is 2.28. The van der Waals surface area contributed by atoms with Crippen LogP contribution in [0.4, 0.5) is 8.78 Å². The van der Waals surface area contributed by atoms with Crippen molar-refractivity contribution >= 4 is 27.5 Å². The summed E-state index contributed by atoms with van der Waals surface area (Å²) < 4.78 is 24.9. The summed E-state index contributed by atoms with van der Waals surface area (Å²) in [7, 11) is 0. The van der Waals surface area contributed by atoms with Crippen LogP contribution in [0.2, 0.25) is 5.15 Å². The molecule has 0 radical (unpaired) electrons. The third-order valence-corrected chi connectivity index (χ3v) is 2.64. The highest BCUT2D eigenvalue weighted by atomic mass is 79.9. The molecule has 0 aliphatic heterocycles. The van der Waals surface area contributed by atoms with E-state index >= 15 is 0 Å². The van der Waals surface area contributed by atoms with Crippen molar-refractivity contribution in [2.45, 2.75) is 18.2 Å². The average Bonchev–Trinajstić information content (AvgIpc) is 2.20. The molecular weight excluding hydrogens is 289 g/mol. The molecule has 0 atom stereocenters. The Morgan fingerprint density at radius 2 is 2.27 bits per heavy atom. The maximum Gasteiger partial charge on any atom is 0.266 e. The van der Waals surface area contributed by atoms with Crippen molar-refractivity contribution < 1.29 is 8.78 Å². The maximum atomic E-state index is 12.5. The number of aromatic nitrogens is 1. The predicted molar refractivity (Wildman–Crippen MR) is 56.2 cm³/mol. The molecule has 80 valence electrons. The monoisotopic (exact) mass is 294 g/mol. The van der Waals surface area contributed by atoms with Gasteiger partial charge in [0, 0.05) is 5.33 Å². The van der Waals surface area contributed by atoms with Gasteiger partial charge in [0.15, 0.2) is 0 Å². The molecule has 2 nitrogen and oxygen atoms in total. The second-order valence-electron chi connectivity index (χ2n) is 2.74. The van der Waals surface area contributed by atoms with Crippen LogP contribution in [0.5, 0.6) is 0 Å². The van der Waals surface area contributed by atoms with Crippen LogP contribution in [0, 0.1) is 11.3 Å². The zero-order valence-electron chi connectivity index (χ0n) is 7.48. The van der Waals surface area contributed by atoms with Gasteiger partial charge in [0.05, 0.1) is 23.7 Å². The molecule has 6 heteroatoms. The van der Waals surface area contributed by atoms with Crippen molar-refractivity contribution in [1.82, 2.24) is 4.98 Å². The molecule has 0 aliphatic rings. The molecule has 0 aromatic carbocycles. The van der Waals surface area contributed by atoms with Crippen LogP contribution in [-0.2, 0) is 11.8 Å². The minimum Gasteiger partial charge on any atom is -0.239 e. The second-order valence-corrected chi connectivity index (χ2v) is 3.66. The minimum atomic E-state index is -2.67. The molecule has 1 aromatic rings. The highest BCUT2D eigenvalue weighted by molar-refractivity contribution is 9.08. The SMILES string of the molecule is N#CCc1cc(C(F)F)c(Cl)nc1CBr. The number of hydrogen-bond acceptors (Lipinski definition) is 2. The standard InChI is InChI=1S/C9H6BrClF2N2/c10-4-7-5(1-2-14)3-6(9(12)13)8(11)15-7/h3,9H,1,4H2. The van der Waals surface area contributed by atoms with E-state index in [0.29, 0.717) is 16.6 Å². The molecule has 0 unspecified atom stereocenters. The van der Waals surface area contributed by atoms with E-state index in [1.54, 1.807) is 0 Å². The van der Waals surface area contributed by atoms with Gasteiger partial charge in [-0.2, -0.15) is 5.26 Å². The Labute approximate surface area is 99.0 Å². The Morgan fingerprint density at radius 3 is 2.73 bits per heavy atom. The molecule has 0 amide bonds. The first-order chi connectivity index (χ1) is 7.10. The number of alkyl halides is 3. The molecule has 0 saturated carbocycles. The molecule has 0 N–H and O–H groups in total. The minimum absolute atomic E-state index is 0.0465. The Morgan fingerprint density at radius 1 is 1.60 bits per heavy atom. The largest absolute Gasteiger partial charge is 0.266 e. The van der Waals surface area contributed by atoms with Crippen molar-refractivity contribution in [2.24, 2.45) is 0 Å². The lowest BCUT2D eigenvalue weighted by Crippen LogP contribution is -2.00. The van der Waals surface area contributed by atoms with Crippen LogP contribution in [0.15, 0.2) is 6.07 Å². The zero-order chi connectivity index (χ0) is 11.4. The summed E-state index contributed by atoms with van der Waals surface area (Å²) in [5.74, 6) is 0. The summed E-state index contributed by atoms with van der Waals surface area (Å²) in [6.45, 7) is 0. The predicted octanol–water partition coefficient (Wildman–Crippen LogP) is 3.63. The van der Waals surface area contributed by atoms with Gasteiger partial charge in [-0.1, -0.05) is 27.5 Å². The Balaban J connectivity index is 3.25. The summed E-state index contributed by atoms with van der Waals surface area (Å²) in [6.07, 6.45) is -2.63. The molecule has 0 saturated heterocycles. The van der Waals surface area contributed by atoms with Crippen LogP contribution in [0.3, 0.4) is 0 Å². The molecule has 0 fully saturated rings. The number of halogens is 4. The van der Waals surface area contributed by atoms with Crippen LogP contribution in [-0.4, -0.2) is 4.98 Å². The van der Waals surface area contributed by atoms with Gasteiger partial charge in [0.2, 0.25) is 0 Å². The van der Waals surface area contributed by atoms with E-state index in [0.717, 1.165) is 0 Å². The third kappa shape index (κ3) is 2.86. The Hall–Kier alpha value is -0.730. The van der Waals surface area contributed by atoms with E-state index in [9.17, 15) is 8.78 Å². The van der Waals surface area contributed by atoms with E-state index in [1.165, 1.54) is 6.07 Å². The summed E-state index contributed by atoms with van der Waals surface area (Å²) in [5, 5.41) is 8.70. The van der Waals surface area contributed by atoms with E-state index in [1.807, 2.05) is 6.07 Å². The number of hydrogen-bond donors (Lipinski definition) is 0. The van der Waals surface area contributed by atoms with Crippen LogP contribution >= 0.6 is 27.5 Å². The summed E-state index contributed by atoms with van der Waals surface area (Å²) in [5.41, 5.74) is 0.673. The fourth-order valence-electron chi connectivity index (χ4n) is 1.09. The van der Waals surface area contributed by atoms with Crippen molar-refractivity contribution in [3.05, 3.63) is 28.0 Å². The van der Waals surface area contributed by atoms with E-state index < -0.39 is 6.43 Å². The van der Waals surface area contributed by atoms with Gasteiger partial charge in [-0.25, -0.2) is 13.8 Å². The topological polar surface area (TPSA) is 36.7 Å². The van der Waals surface area contributed by atoms with Crippen molar-refractivity contribution in [3.63, 3.8) is 0 Å². The molecule has 0 spiro atoms. The van der Waals surface area contributed by atoms with Crippen molar-refractivity contribution in [3.8, 4) is 6.07 Å². The lowest BCUT2D eigenvalue weighted by atomic mass is 10.1. The maximum absolute atomic E-state index is 12.5. The molecule has 1 rings (SSSR count). The Bertz CT molecular complexity index is 404. The van der Waals surface area contributed by atoms with E-state index in [4.69, 9.17) is 16.9 Å². The van der Waals surface area contributed by atoms with Crippen LogP contribution < -0.4 is 0 Å². The first-order valence-electron chi connectivity index (χ1n) is 3.99. The van der Waals surface area contributed by atoms with Gasteiger partial charge in [0.25, 0.3) is 6.43 Å². The molecule has 1 aromatic heterocycles. The third-order valence-electron chi connectivity index (χ3n) is 1.80. The lowest BCUT2D eigenvalue weighted by Gasteiger charge is -2.08. The molecule has 1 heterocycles. The van der Waals surface area contributed by atoms with Crippen molar-refractivity contribution in [2.75, 3.05) is 0 Å². The number of nitriles is 1. The first-order valence-corrected chi connectivity index (χ1v) is 5.49. The lowest BCUT2D eigenvalue weighted by molar-refractivity contribution is 0.151. The molecular formula is C9H6BrClF2N2. The van der Waals surface area contributed by atoms with Gasteiger partial charge in [-0.15, -0.1) is 0 Å². The van der Waals surface area contributed by atoms with Gasteiger partial charge >= 0.3 is 0 Å². The van der Waals surface area contributed by atoms with Crippen molar-refractivity contribution in [1.29, 1.82) is 5.26 Å². The quantitative estimate of drug-likeness (QED) is 0.630. The zero-order valence-corrected chi connectivity index (χ0v) is 9.82. The fraction of sp³-hybridized carbons (Fsp3) is 0.333. The van der Waals surface area contributed by atoms with E-state index in [-0.39, 0.29) is 17.1 Å².